The second-order valence-electron chi connectivity index (χ2n) is 2.28. The lowest BCUT2D eigenvalue weighted by Crippen LogP contribution is -1.98. The lowest BCUT2D eigenvalue weighted by molar-refractivity contribution is 0.768. The van der Waals surface area contributed by atoms with Crippen LogP contribution in [0.15, 0.2) is 12.4 Å². The summed E-state index contributed by atoms with van der Waals surface area (Å²) in [5.41, 5.74) is 1.02. The first-order valence-electron chi connectivity index (χ1n) is 3.49. The van der Waals surface area contributed by atoms with E-state index in [1.54, 1.807) is 10.9 Å². The van der Waals surface area contributed by atoms with E-state index in [9.17, 15) is 0 Å². The molecule has 0 radical (unpaired) electrons. The second-order valence-corrected chi connectivity index (χ2v) is 2.28. The van der Waals surface area contributed by atoms with Gasteiger partial charge in [0.05, 0.1) is 11.9 Å². The summed E-state index contributed by atoms with van der Waals surface area (Å²) in [5.74, 6) is 2.56. The van der Waals surface area contributed by atoms with Crippen molar-refractivity contribution in [3.63, 3.8) is 0 Å². The fraction of sp³-hybridized carbons (Fsp3) is 0.375. The first-order chi connectivity index (χ1) is 5.33. The van der Waals surface area contributed by atoms with Crippen LogP contribution >= 0.6 is 0 Å². The molecule has 1 rings (SSSR count). The van der Waals surface area contributed by atoms with Gasteiger partial charge in [-0.2, -0.15) is 5.10 Å². The average molecular weight is 149 g/mol. The molecule has 0 aromatic carbocycles. The summed E-state index contributed by atoms with van der Waals surface area (Å²) in [5, 5.41) is 7.14. The van der Waals surface area contributed by atoms with Gasteiger partial charge in [0, 0.05) is 26.2 Å². The Morgan fingerprint density at radius 3 is 3.18 bits per heavy atom. The Morgan fingerprint density at radius 1 is 1.82 bits per heavy atom. The van der Waals surface area contributed by atoms with Gasteiger partial charge in [0.25, 0.3) is 0 Å². The third-order valence-electron chi connectivity index (χ3n) is 1.30. The quantitative estimate of drug-likeness (QED) is 0.510. The van der Waals surface area contributed by atoms with E-state index in [2.05, 4.69) is 16.3 Å². The van der Waals surface area contributed by atoms with E-state index in [-0.39, 0.29) is 0 Å². The number of hydrogen-bond acceptors (Lipinski definition) is 2. The molecular formula is C8H11N3. The number of hydrogen-bond donors (Lipinski definition) is 1. The summed E-state index contributed by atoms with van der Waals surface area (Å²) >= 11 is 0. The molecule has 0 aliphatic heterocycles. The highest BCUT2D eigenvalue weighted by atomic mass is 15.3. The molecule has 0 aliphatic rings. The molecule has 0 spiro atoms. The molecular weight excluding hydrogens is 138 g/mol. The van der Waals surface area contributed by atoms with Gasteiger partial charge in [-0.25, -0.2) is 0 Å². The number of nitrogens with zero attached hydrogens (tertiary/aromatic N) is 2. The van der Waals surface area contributed by atoms with Crippen LogP contribution < -0.4 is 5.32 Å². The van der Waals surface area contributed by atoms with Crippen LogP contribution in [-0.2, 0) is 7.05 Å². The minimum Gasteiger partial charge on any atom is -0.382 e. The first-order valence-corrected chi connectivity index (χ1v) is 3.49. The molecule has 1 N–H and O–H groups in total. The van der Waals surface area contributed by atoms with Gasteiger partial charge < -0.3 is 5.32 Å². The van der Waals surface area contributed by atoms with Gasteiger partial charge in [0.1, 0.15) is 0 Å². The van der Waals surface area contributed by atoms with E-state index < -0.39 is 0 Å². The monoisotopic (exact) mass is 149 g/mol. The van der Waals surface area contributed by atoms with E-state index in [4.69, 9.17) is 6.42 Å². The largest absolute Gasteiger partial charge is 0.382 e. The maximum Gasteiger partial charge on any atom is 0.0726 e. The fourth-order valence-corrected chi connectivity index (χ4v) is 0.792. The molecule has 58 valence electrons. The van der Waals surface area contributed by atoms with Crippen molar-refractivity contribution in [1.82, 2.24) is 9.78 Å². The van der Waals surface area contributed by atoms with E-state index >= 15 is 0 Å². The van der Waals surface area contributed by atoms with Crippen LogP contribution in [0, 0.1) is 12.3 Å². The number of aryl methyl sites for hydroxylation is 1. The van der Waals surface area contributed by atoms with E-state index in [0.717, 1.165) is 18.7 Å². The molecule has 0 unspecified atom stereocenters. The zero-order chi connectivity index (χ0) is 8.10. The minimum absolute atomic E-state index is 0.745. The SMILES string of the molecule is C#CCCNc1cnn(C)c1. The minimum atomic E-state index is 0.745. The Kier molecular flexibility index (Phi) is 2.56. The van der Waals surface area contributed by atoms with Gasteiger partial charge >= 0.3 is 0 Å². The Labute approximate surface area is 66.4 Å². The summed E-state index contributed by atoms with van der Waals surface area (Å²) in [6.07, 6.45) is 9.52. The van der Waals surface area contributed by atoms with Crippen molar-refractivity contribution in [3.8, 4) is 12.3 Å². The lowest BCUT2D eigenvalue weighted by Gasteiger charge is -1.96. The molecule has 0 atom stereocenters. The van der Waals surface area contributed by atoms with E-state index in [0.29, 0.717) is 0 Å². The van der Waals surface area contributed by atoms with Crippen LogP contribution in [0.1, 0.15) is 6.42 Å². The Morgan fingerprint density at radius 2 is 2.64 bits per heavy atom. The van der Waals surface area contributed by atoms with Gasteiger partial charge in [-0.3, -0.25) is 4.68 Å². The summed E-state index contributed by atoms with van der Waals surface area (Å²) < 4.78 is 1.75. The molecule has 11 heavy (non-hydrogen) atoms. The number of nitrogens with one attached hydrogen (secondary N) is 1. The molecule has 1 heterocycles. The van der Waals surface area contributed by atoms with Gasteiger partial charge in [0.2, 0.25) is 0 Å². The Bertz CT molecular complexity index is 257. The molecule has 0 bridgehead atoms. The number of rotatable bonds is 3. The number of aromatic nitrogens is 2. The van der Waals surface area contributed by atoms with Crippen molar-refractivity contribution in [1.29, 1.82) is 0 Å². The maximum atomic E-state index is 5.09. The zero-order valence-corrected chi connectivity index (χ0v) is 6.54. The van der Waals surface area contributed by atoms with Gasteiger partial charge in [-0.05, 0) is 0 Å². The number of anilines is 1. The maximum absolute atomic E-state index is 5.09. The zero-order valence-electron chi connectivity index (χ0n) is 6.54. The van der Waals surface area contributed by atoms with Crippen molar-refractivity contribution in [2.45, 2.75) is 6.42 Å². The topological polar surface area (TPSA) is 29.9 Å². The summed E-state index contributed by atoms with van der Waals surface area (Å²) in [4.78, 5) is 0. The third-order valence-corrected chi connectivity index (χ3v) is 1.30. The third kappa shape index (κ3) is 2.34. The lowest BCUT2D eigenvalue weighted by atomic mass is 10.4. The normalized spacial score (nSPS) is 9.09. The molecule has 0 saturated carbocycles. The standard InChI is InChI=1S/C8H11N3/c1-3-4-5-9-8-6-10-11(2)7-8/h1,6-7,9H,4-5H2,2H3. The smallest absolute Gasteiger partial charge is 0.0726 e. The predicted octanol–water partition coefficient (Wildman–Crippen LogP) is 0.855. The molecule has 0 fully saturated rings. The van der Waals surface area contributed by atoms with Crippen LogP contribution in [-0.4, -0.2) is 16.3 Å². The molecule has 1 aromatic rings. The van der Waals surface area contributed by atoms with Crippen LogP contribution in [0.4, 0.5) is 5.69 Å². The van der Waals surface area contributed by atoms with Crippen LogP contribution in [0.3, 0.4) is 0 Å². The fourth-order valence-electron chi connectivity index (χ4n) is 0.792. The average Bonchev–Trinajstić information content (AvgIpc) is 2.37. The molecule has 3 heteroatoms. The van der Waals surface area contributed by atoms with Crippen LogP contribution in [0.5, 0.6) is 0 Å². The van der Waals surface area contributed by atoms with Crippen molar-refractivity contribution < 1.29 is 0 Å². The van der Waals surface area contributed by atoms with Crippen LogP contribution in [0.2, 0.25) is 0 Å². The Hall–Kier alpha value is -1.43. The highest BCUT2D eigenvalue weighted by Crippen LogP contribution is 2.02. The summed E-state index contributed by atoms with van der Waals surface area (Å²) in [6, 6.07) is 0. The molecule has 0 amide bonds. The summed E-state index contributed by atoms with van der Waals surface area (Å²) in [6.45, 7) is 0.808. The van der Waals surface area contributed by atoms with Gasteiger partial charge in [-0.15, -0.1) is 12.3 Å². The van der Waals surface area contributed by atoms with Crippen LogP contribution in [0.25, 0.3) is 0 Å². The molecule has 0 aliphatic carbocycles. The van der Waals surface area contributed by atoms with Crippen molar-refractivity contribution in [2.24, 2.45) is 7.05 Å². The highest BCUT2D eigenvalue weighted by molar-refractivity contribution is 5.37. The van der Waals surface area contributed by atoms with Crippen molar-refractivity contribution in [3.05, 3.63) is 12.4 Å². The van der Waals surface area contributed by atoms with Gasteiger partial charge in [0.15, 0.2) is 0 Å². The van der Waals surface area contributed by atoms with Gasteiger partial charge in [-0.1, -0.05) is 0 Å². The first kappa shape index (κ1) is 7.67. The molecule has 0 saturated heterocycles. The Balaban J connectivity index is 2.34. The van der Waals surface area contributed by atoms with Crippen molar-refractivity contribution >= 4 is 5.69 Å². The highest BCUT2D eigenvalue weighted by Gasteiger charge is 1.91. The number of terminal acetylenes is 1. The molecule has 1 aromatic heterocycles. The van der Waals surface area contributed by atoms with E-state index in [1.165, 1.54) is 0 Å². The summed E-state index contributed by atoms with van der Waals surface area (Å²) in [7, 11) is 1.88. The van der Waals surface area contributed by atoms with E-state index in [1.807, 2.05) is 13.2 Å². The predicted molar refractivity (Wildman–Crippen MR) is 45.1 cm³/mol. The molecule has 3 nitrogen and oxygen atoms in total. The second kappa shape index (κ2) is 3.67. The van der Waals surface area contributed by atoms with Crippen molar-refractivity contribution in [2.75, 3.05) is 11.9 Å².